The van der Waals surface area contributed by atoms with Crippen molar-refractivity contribution in [3.05, 3.63) is 0 Å². The van der Waals surface area contributed by atoms with E-state index in [0.717, 1.165) is 19.4 Å². The topological polar surface area (TPSA) is 58.5 Å². The number of hydrogen-bond acceptors (Lipinski definition) is 4. The molecular formula is C29H60N4. The normalized spacial score (nSPS) is 21.1. The Hall–Kier alpha value is -0.160. The van der Waals surface area contributed by atoms with Crippen LogP contribution in [0.4, 0.5) is 0 Å². The fourth-order valence-electron chi connectivity index (χ4n) is 7.62. The van der Waals surface area contributed by atoms with Gasteiger partial charge in [-0.3, -0.25) is 9.80 Å². The molecule has 4 heteroatoms. The van der Waals surface area contributed by atoms with Crippen LogP contribution in [0.25, 0.3) is 0 Å². The van der Waals surface area contributed by atoms with Crippen molar-refractivity contribution >= 4 is 0 Å². The van der Waals surface area contributed by atoms with Crippen LogP contribution < -0.4 is 11.5 Å². The van der Waals surface area contributed by atoms with Gasteiger partial charge < -0.3 is 11.5 Å². The summed E-state index contributed by atoms with van der Waals surface area (Å²) in [6.45, 7) is 14.9. The Labute approximate surface area is 207 Å². The van der Waals surface area contributed by atoms with E-state index in [1.807, 2.05) is 0 Å². The molecule has 0 radical (unpaired) electrons. The predicted molar refractivity (Wildman–Crippen MR) is 146 cm³/mol. The van der Waals surface area contributed by atoms with Gasteiger partial charge in [-0.1, -0.05) is 72.6 Å². The highest BCUT2D eigenvalue weighted by Crippen LogP contribution is 2.42. The highest BCUT2D eigenvalue weighted by atomic mass is 15.2. The van der Waals surface area contributed by atoms with Crippen LogP contribution in [0.1, 0.15) is 137 Å². The van der Waals surface area contributed by atoms with Crippen LogP contribution in [0.15, 0.2) is 0 Å². The number of hydrogen-bond donors (Lipinski definition) is 2. The maximum absolute atomic E-state index is 7.38. The molecule has 2 fully saturated rings. The minimum Gasteiger partial charge on any atom is -0.330 e. The summed E-state index contributed by atoms with van der Waals surface area (Å²) in [5.74, 6) is 0. The molecule has 2 aliphatic carbocycles. The molecule has 0 heterocycles. The first-order valence-electron chi connectivity index (χ1n) is 14.9. The average Bonchev–Trinajstić information content (AvgIpc) is 2.85. The molecular weight excluding hydrogens is 404 g/mol. The molecule has 0 amide bonds. The van der Waals surface area contributed by atoms with E-state index in [1.54, 1.807) is 0 Å². The second-order valence-electron chi connectivity index (χ2n) is 11.5. The summed E-state index contributed by atoms with van der Waals surface area (Å²) >= 11 is 0. The lowest BCUT2D eigenvalue weighted by Crippen LogP contribution is -2.54. The number of nitrogens with two attached hydrogens (primary N) is 2. The predicted octanol–water partition coefficient (Wildman–Crippen LogP) is 6.46. The first-order chi connectivity index (χ1) is 15.9. The van der Waals surface area contributed by atoms with Crippen LogP contribution in [0.3, 0.4) is 0 Å². The van der Waals surface area contributed by atoms with Gasteiger partial charge in [-0.05, 0) is 96.9 Å². The molecule has 0 aromatic rings. The van der Waals surface area contributed by atoms with Gasteiger partial charge in [0.05, 0.1) is 0 Å². The summed E-state index contributed by atoms with van der Waals surface area (Å²) in [5, 5.41) is 0. The number of unbranched alkanes of at least 4 members (excludes halogenated alkanes) is 1. The average molecular weight is 465 g/mol. The van der Waals surface area contributed by atoms with Crippen molar-refractivity contribution in [2.75, 3.05) is 32.7 Å². The van der Waals surface area contributed by atoms with Gasteiger partial charge in [0.25, 0.3) is 0 Å². The summed E-state index contributed by atoms with van der Waals surface area (Å²) in [5.41, 5.74) is 14.0. The Morgan fingerprint density at radius 2 is 1.00 bits per heavy atom. The standard InChI is InChI=1S/C29H60N4/c1-5-32(6-2)28(18-11-9-12-19-28)24-22-27(31,17-15-16-26-30)23-25-29(33(7-3)8-4)20-13-10-14-21-29/h5-26,30-31H2,1-4H3. The number of nitrogens with zero attached hydrogens (tertiary/aromatic N) is 2. The molecule has 0 bridgehead atoms. The molecule has 33 heavy (non-hydrogen) atoms. The zero-order chi connectivity index (χ0) is 24.2. The van der Waals surface area contributed by atoms with Gasteiger partial charge in [0, 0.05) is 16.6 Å². The number of rotatable bonds is 16. The maximum Gasteiger partial charge on any atom is 0.0210 e. The third-order valence-electron chi connectivity index (χ3n) is 9.74. The van der Waals surface area contributed by atoms with E-state index >= 15 is 0 Å². The summed E-state index contributed by atoms with van der Waals surface area (Å²) in [4.78, 5) is 5.57. The Bertz CT molecular complexity index is 462. The van der Waals surface area contributed by atoms with Crippen LogP contribution in [0, 0.1) is 0 Å². The van der Waals surface area contributed by atoms with E-state index in [4.69, 9.17) is 11.5 Å². The lowest BCUT2D eigenvalue weighted by atomic mass is 9.70. The van der Waals surface area contributed by atoms with E-state index in [-0.39, 0.29) is 5.54 Å². The first-order valence-corrected chi connectivity index (χ1v) is 14.9. The smallest absolute Gasteiger partial charge is 0.0210 e. The molecule has 0 aromatic carbocycles. The zero-order valence-electron chi connectivity index (χ0n) is 23.1. The maximum atomic E-state index is 7.38. The summed E-state index contributed by atoms with van der Waals surface area (Å²) < 4.78 is 0. The third-order valence-corrected chi connectivity index (χ3v) is 9.74. The van der Waals surface area contributed by atoms with E-state index in [0.29, 0.717) is 11.1 Å². The molecule has 4 nitrogen and oxygen atoms in total. The molecule has 2 aliphatic rings. The molecule has 4 N–H and O–H groups in total. The monoisotopic (exact) mass is 464 g/mol. The Morgan fingerprint density at radius 3 is 1.33 bits per heavy atom. The Morgan fingerprint density at radius 1 is 0.606 bits per heavy atom. The fraction of sp³-hybridized carbons (Fsp3) is 1.00. The van der Waals surface area contributed by atoms with Crippen molar-refractivity contribution in [2.24, 2.45) is 11.5 Å². The first kappa shape index (κ1) is 29.1. The van der Waals surface area contributed by atoms with Crippen molar-refractivity contribution in [3.63, 3.8) is 0 Å². The Kier molecular flexibility index (Phi) is 12.7. The van der Waals surface area contributed by atoms with Crippen molar-refractivity contribution in [1.82, 2.24) is 9.80 Å². The van der Waals surface area contributed by atoms with Crippen molar-refractivity contribution < 1.29 is 0 Å². The van der Waals surface area contributed by atoms with Crippen molar-refractivity contribution in [1.29, 1.82) is 0 Å². The van der Waals surface area contributed by atoms with Gasteiger partial charge in [-0.2, -0.15) is 0 Å². The molecule has 196 valence electrons. The van der Waals surface area contributed by atoms with Crippen LogP contribution in [0.2, 0.25) is 0 Å². The van der Waals surface area contributed by atoms with Crippen LogP contribution in [-0.2, 0) is 0 Å². The lowest BCUT2D eigenvalue weighted by Gasteiger charge is -2.49. The molecule has 0 spiro atoms. The second-order valence-corrected chi connectivity index (χ2v) is 11.5. The highest BCUT2D eigenvalue weighted by molar-refractivity contribution is 4.99. The quantitative estimate of drug-likeness (QED) is 0.257. The van der Waals surface area contributed by atoms with E-state index < -0.39 is 0 Å². The van der Waals surface area contributed by atoms with Gasteiger partial charge in [0.1, 0.15) is 0 Å². The largest absolute Gasteiger partial charge is 0.330 e. The molecule has 0 aromatic heterocycles. The zero-order valence-corrected chi connectivity index (χ0v) is 23.1. The highest BCUT2D eigenvalue weighted by Gasteiger charge is 2.41. The molecule has 0 saturated heterocycles. The second kappa shape index (κ2) is 14.4. The van der Waals surface area contributed by atoms with Gasteiger partial charge in [0.2, 0.25) is 0 Å². The molecule has 0 unspecified atom stereocenters. The summed E-state index contributed by atoms with van der Waals surface area (Å²) in [6.07, 6.45) is 22.3. The van der Waals surface area contributed by atoms with Gasteiger partial charge in [-0.25, -0.2) is 0 Å². The molecule has 2 rings (SSSR count). The Balaban J connectivity index is 2.16. The summed E-state index contributed by atoms with van der Waals surface area (Å²) in [6, 6.07) is 0. The lowest BCUT2D eigenvalue weighted by molar-refractivity contribution is 0.0301. The van der Waals surface area contributed by atoms with Crippen LogP contribution >= 0.6 is 0 Å². The molecule has 2 saturated carbocycles. The van der Waals surface area contributed by atoms with Crippen LogP contribution in [0.5, 0.6) is 0 Å². The van der Waals surface area contributed by atoms with Crippen molar-refractivity contribution in [2.45, 2.75) is 153 Å². The minimum atomic E-state index is -0.0373. The third kappa shape index (κ3) is 7.92. The molecule has 0 aliphatic heterocycles. The van der Waals surface area contributed by atoms with E-state index in [1.165, 1.54) is 122 Å². The SMILES string of the molecule is CCN(CC)C1(CCC(N)(CCCCN)CCC2(N(CC)CC)CCCCC2)CCCCC1. The van der Waals surface area contributed by atoms with Crippen molar-refractivity contribution in [3.8, 4) is 0 Å². The van der Waals surface area contributed by atoms with E-state index in [2.05, 4.69) is 37.5 Å². The van der Waals surface area contributed by atoms with Crippen LogP contribution in [-0.4, -0.2) is 59.1 Å². The van der Waals surface area contributed by atoms with Gasteiger partial charge in [-0.15, -0.1) is 0 Å². The summed E-state index contributed by atoms with van der Waals surface area (Å²) in [7, 11) is 0. The van der Waals surface area contributed by atoms with Gasteiger partial charge in [0.15, 0.2) is 0 Å². The molecule has 0 atom stereocenters. The van der Waals surface area contributed by atoms with E-state index in [9.17, 15) is 0 Å². The van der Waals surface area contributed by atoms with Gasteiger partial charge >= 0.3 is 0 Å². The minimum absolute atomic E-state index is 0.0373. The fourth-order valence-corrected chi connectivity index (χ4v) is 7.62.